The van der Waals surface area contributed by atoms with Crippen molar-refractivity contribution < 1.29 is 13.9 Å². The van der Waals surface area contributed by atoms with E-state index in [0.29, 0.717) is 25.5 Å². The number of rotatable bonds is 7. The summed E-state index contributed by atoms with van der Waals surface area (Å²) in [6.45, 7) is 3.04. The molecule has 0 spiro atoms. The molecule has 0 aliphatic carbocycles. The van der Waals surface area contributed by atoms with Crippen LogP contribution in [0.5, 0.6) is 5.75 Å². The average molecular weight is 411 g/mol. The Morgan fingerprint density at radius 2 is 2.14 bits per heavy atom. The predicted octanol–water partition coefficient (Wildman–Crippen LogP) is 1.93. The predicted molar refractivity (Wildman–Crippen MR) is 93.0 cm³/mol. The number of hydrogen-bond acceptors (Lipinski definition) is 3. The Morgan fingerprint density at radius 3 is 2.76 bits per heavy atom. The molecule has 0 aliphatic heterocycles. The molecule has 0 amide bonds. The summed E-state index contributed by atoms with van der Waals surface area (Å²) in [4.78, 5) is 4.21. The molecule has 5 nitrogen and oxygen atoms in total. The topological polar surface area (TPSA) is 68.9 Å². The lowest BCUT2D eigenvalue weighted by molar-refractivity contribution is 0.179. The SMILES string of the molecule is COCC(C)NC(N)=NCCc1ccc(F)c(OC)c1.I. The fourth-order valence-corrected chi connectivity index (χ4v) is 1.75. The summed E-state index contributed by atoms with van der Waals surface area (Å²) in [5.41, 5.74) is 6.70. The van der Waals surface area contributed by atoms with E-state index in [1.165, 1.54) is 13.2 Å². The number of nitrogens with one attached hydrogen (secondary N) is 1. The normalized spacial score (nSPS) is 12.5. The molecule has 0 fully saturated rings. The van der Waals surface area contributed by atoms with Crippen LogP contribution in [0.1, 0.15) is 12.5 Å². The number of hydrogen-bond donors (Lipinski definition) is 2. The van der Waals surface area contributed by atoms with Crippen LogP contribution in [0.2, 0.25) is 0 Å². The Hall–Kier alpha value is -1.09. The Morgan fingerprint density at radius 1 is 1.43 bits per heavy atom. The maximum atomic E-state index is 13.2. The zero-order chi connectivity index (χ0) is 15.0. The molecule has 3 N–H and O–H groups in total. The molecule has 1 unspecified atom stereocenters. The van der Waals surface area contributed by atoms with Crippen LogP contribution in [0.25, 0.3) is 0 Å². The lowest BCUT2D eigenvalue weighted by atomic mass is 10.1. The van der Waals surface area contributed by atoms with Crippen molar-refractivity contribution in [3.63, 3.8) is 0 Å². The second-order valence-corrected chi connectivity index (χ2v) is 4.49. The Labute approximate surface area is 142 Å². The van der Waals surface area contributed by atoms with Gasteiger partial charge in [0.15, 0.2) is 17.5 Å². The van der Waals surface area contributed by atoms with E-state index in [4.69, 9.17) is 15.2 Å². The van der Waals surface area contributed by atoms with Crippen LogP contribution in [0.3, 0.4) is 0 Å². The van der Waals surface area contributed by atoms with Crippen molar-refractivity contribution >= 4 is 29.9 Å². The minimum absolute atomic E-state index is 0. The Kier molecular flexibility index (Phi) is 10.1. The van der Waals surface area contributed by atoms with Gasteiger partial charge in [-0.05, 0) is 31.0 Å². The van der Waals surface area contributed by atoms with E-state index >= 15 is 0 Å². The van der Waals surface area contributed by atoms with Gasteiger partial charge in [0.1, 0.15) is 0 Å². The molecule has 0 saturated heterocycles. The molecule has 0 radical (unpaired) electrons. The summed E-state index contributed by atoms with van der Waals surface area (Å²) >= 11 is 0. The summed E-state index contributed by atoms with van der Waals surface area (Å²) < 4.78 is 23.2. The van der Waals surface area contributed by atoms with Crippen LogP contribution in [-0.2, 0) is 11.2 Å². The van der Waals surface area contributed by atoms with Gasteiger partial charge in [-0.3, -0.25) is 4.99 Å². The van der Waals surface area contributed by atoms with Gasteiger partial charge in [-0.15, -0.1) is 24.0 Å². The van der Waals surface area contributed by atoms with Gasteiger partial charge in [0.05, 0.1) is 13.7 Å². The minimum Gasteiger partial charge on any atom is -0.494 e. The molecule has 0 bridgehead atoms. The summed E-state index contributed by atoms with van der Waals surface area (Å²) in [7, 11) is 3.08. The third-order valence-corrected chi connectivity index (χ3v) is 2.71. The summed E-state index contributed by atoms with van der Waals surface area (Å²) in [6.07, 6.45) is 0.664. The molecule has 21 heavy (non-hydrogen) atoms. The fraction of sp³-hybridized carbons (Fsp3) is 0.500. The van der Waals surface area contributed by atoms with Gasteiger partial charge in [0, 0.05) is 19.7 Å². The van der Waals surface area contributed by atoms with Crippen LogP contribution in [0.4, 0.5) is 4.39 Å². The Balaban J connectivity index is 0.00000400. The number of guanidine groups is 1. The Bertz CT molecular complexity index is 458. The number of ether oxygens (including phenoxy) is 2. The first-order chi connectivity index (χ1) is 9.56. The van der Waals surface area contributed by atoms with Crippen LogP contribution in [0.15, 0.2) is 23.2 Å². The number of benzene rings is 1. The number of nitrogens with zero attached hydrogens (tertiary/aromatic N) is 1. The van der Waals surface area contributed by atoms with E-state index in [1.807, 2.05) is 6.92 Å². The standard InChI is InChI=1S/C14H22FN3O2.HI/c1-10(9-19-2)18-14(16)17-7-6-11-4-5-12(15)13(8-11)20-3;/h4-5,8,10H,6-7,9H2,1-3H3,(H3,16,17,18);1H. The molecule has 0 heterocycles. The van der Waals surface area contributed by atoms with Crippen LogP contribution < -0.4 is 15.8 Å². The van der Waals surface area contributed by atoms with Crippen molar-refractivity contribution in [2.45, 2.75) is 19.4 Å². The number of aliphatic imine (C=N–C) groups is 1. The van der Waals surface area contributed by atoms with E-state index in [1.54, 1.807) is 19.2 Å². The second-order valence-electron chi connectivity index (χ2n) is 4.49. The number of nitrogens with two attached hydrogens (primary N) is 1. The van der Waals surface area contributed by atoms with E-state index < -0.39 is 0 Å². The summed E-state index contributed by atoms with van der Waals surface area (Å²) in [6, 6.07) is 4.88. The maximum Gasteiger partial charge on any atom is 0.188 e. The fourth-order valence-electron chi connectivity index (χ4n) is 1.75. The molecule has 0 aliphatic rings. The van der Waals surface area contributed by atoms with Crippen molar-refractivity contribution in [1.82, 2.24) is 5.32 Å². The van der Waals surface area contributed by atoms with Crippen molar-refractivity contribution in [2.24, 2.45) is 10.7 Å². The third kappa shape index (κ3) is 7.47. The van der Waals surface area contributed by atoms with Crippen molar-refractivity contribution in [3.8, 4) is 5.75 Å². The van der Waals surface area contributed by atoms with Gasteiger partial charge < -0.3 is 20.5 Å². The first-order valence-corrected chi connectivity index (χ1v) is 6.44. The highest BCUT2D eigenvalue weighted by atomic mass is 127. The number of halogens is 2. The molecule has 1 atom stereocenters. The maximum absolute atomic E-state index is 13.2. The van der Waals surface area contributed by atoms with E-state index in [9.17, 15) is 4.39 Å². The molecule has 1 aromatic carbocycles. The molecule has 1 aromatic rings. The average Bonchev–Trinajstić information content (AvgIpc) is 2.40. The quantitative estimate of drug-likeness (QED) is 0.409. The van der Waals surface area contributed by atoms with Crippen molar-refractivity contribution in [1.29, 1.82) is 0 Å². The van der Waals surface area contributed by atoms with Gasteiger partial charge in [-0.2, -0.15) is 0 Å². The minimum atomic E-state index is -0.366. The number of methoxy groups -OCH3 is 2. The van der Waals surface area contributed by atoms with Crippen LogP contribution in [0, 0.1) is 5.82 Å². The molecule has 0 aromatic heterocycles. The summed E-state index contributed by atoms with van der Waals surface area (Å²) in [5, 5.41) is 3.02. The lowest BCUT2D eigenvalue weighted by Crippen LogP contribution is -2.40. The second kappa shape index (κ2) is 10.6. The lowest BCUT2D eigenvalue weighted by Gasteiger charge is -2.13. The van der Waals surface area contributed by atoms with Gasteiger partial charge in [-0.25, -0.2) is 4.39 Å². The highest BCUT2D eigenvalue weighted by Gasteiger charge is 2.04. The zero-order valence-electron chi connectivity index (χ0n) is 12.6. The van der Waals surface area contributed by atoms with Gasteiger partial charge in [0.25, 0.3) is 0 Å². The van der Waals surface area contributed by atoms with Crippen molar-refractivity contribution in [2.75, 3.05) is 27.4 Å². The van der Waals surface area contributed by atoms with Gasteiger partial charge >= 0.3 is 0 Å². The van der Waals surface area contributed by atoms with Gasteiger partial charge in [0.2, 0.25) is 0 Å². The molecule has 0 saturated carbocycles. The van der Waals surface area contributed by atoms with E-state index in [-0.39, 0.29) is 41.6 Å². The molecule has 7 heteroatoms. The zero-order valence-corrected chi connectivity index (χ0v) is 14.9. The first-order valence-electron chi connectivity index (χ1n) is 6.44. The highest BCUT2D eigenvalue weighted by molar-refractivity contribution is 14.0. The largest absolute Gasteiger partial charge is 0.494 e. The van der Waals surface area contributed by atoms with Crippen LogP contribution in [-0.4, -0.2) is 39.4 Å². The van der Waals surface area contributed by atoms with Gasteiger partial charge in [-0.1, -0.05) is 6.07 Å². The van der Waals surface area contributed by atoms with Crippen molar-refractivity contribution in [3.05, 3.63) is 29.6 Å². The first kappa shape index (κ1) is 19.9. The molecule has 1 rings (SSSR count). The molecule has 120 valence electrons. The third-order valence-electron chi connectivity index (χ3n) is 2.71. The van der Waals surface area contributed by atoms with E-state index in [0.717, 1.165) is 5.56 Å². The monoisotopic (exact) mass is 411 g/mol. The highest BCUT2D eigenvalue weighted by Crippen LogP contribution is 2.18. The molecular formula is C14H23FIN3O2. The molecular weight excluding hydrogens is 388 g/mol. The summed E-state index contributed by atoms with van der Waals surface area (Å²) in [5.74, 6) is 0.254. The van der Waals surface area contributed by atoms with E-state index in [2.05, 4.69) is 10.3 Å². The smallest absolute Gasteiger partial charge is 0.188 e. The van der Waals surface area contributed by atoms with Crippen LogP contribution >= 0.6 is 24.0 Å².